The normalized spacial score (nSPS) is 28.1. The summed E-state index contributed by atoms with van der Waals surface area (Å²) in [4.78, 5) is 95.0. The Balaban J connectivity index is 1.09. The highest BCUT2D eigenvalue weighted by atomic mass is 32.7. The van der Waals surface area contributed by atoms with E-state index >= 15 is 0 Å². The minimum Gasteiger partial charge on any atom is -0.382 e. The number of aromatic nitrogens is 10. The van der Waals surface area contributed by atoms with Crippen molar-refractivity contribution in [2.75, 3.05) is 79.0 Å². The van der Waals surface area contributed by atoms with E-state index < -0.39 is 128 Å². The van der Waals surface area contributed by atoms with Crippen molar-refractivity contribution in [2.45, 2.75) is 80.9 Å². The van der Waals surface area contributed by atoms with Gasteiger partial charge in [-0.3, -0.25) is 46.1 Å². The van der Waals surface area contributed by atoms with Crippen LogP contribution in [0.25, 0.3) is 22.3 Å². The molecule has 3 aliphatic rings. The number of nitrogen functional groups attached to an aromatic ring is 2. The molecule has 8 heterocycles. The number of H-pyrrole nitrogens is 1. The number of phosphoric acid groups is 2. The van der Waals surface area contributed by atoms with Gasteiger partial charge in [0, 0.05) is 39.5 Å². The summed E-state index contributed by atoms with van der Waals surface area (Å²) in [6.45, 7) is -10.1. The van der Waals surface area contributed by atoms with Gasteiger partial charge < -0.3 is 73.2 Å². The van der Waals surface area contributed by atoms with Gasteiger partial charge in [-0.25, -0.2) is 48.4 Å². The van der Waals surface area contributed by atoms with E-state index in [0.29, 0.717) is 0 Å². The van der Waals surface area contributed by atoms with Gasteiger partial charge in [0.25, 0.3) is 5.56 Å². The van der Waals surface area contributed by atoms with Crippen LogP contribution < -0.4 is 22.7 Å². The third-order valence-corrected chi connectivity index (χ3v) is 16.7. The predicted octanol–water partition coefficient (Wildman–Crippen LogP) is 0.134. The van der Waals surface area contributed by atoms with E-state index in [9.17, 15) is 42.9 Å². The number of nitrogens with one attached hydrogen (secondary N) is 1. The number of nitrogens with zero attached hydrogens (tertiary/aromatic N) is 9. The second-order valence-electron chi connectivity index (χ2n) is 17.0. The van der Waals surface area contributed by atoms with E-state index in [1.807, 2.05) is 0 Å². The Morgan fingerprint density at radius 2 is 1.23 bits per heavy atom. The average Bonchev–Trinajstić information content (AvgIpc) is 4.29. The van der Waals surface area contributed by atoms with Crippen molar-refractivity contribution in [3.63, 3.8) is 0 Å². The number of phosphoric ester groups is 2. The first kappa shape index (κ1) is 60.4. The van der Waals surface area contributed by atoms with Crippen LogP contribution in [0.4, 0.5) is 11.6 Å². The van der Waals surface area contributed by atoms with Gasteiger partial charge in [0.2, 0.25) is 0 Å². The molecule has 3 aliphatic heterocycles. The molecule has 41 heteroatoms. The minimum atomic E-state index is -5.46. The molecule has 0 saturated carbocycles. The summed E-state index contributed by atoms with van der Waals surface area (Å²) in [6, 6.07) is 0. The zero-order chi connectivity index (χ0) is 56.3. The predicted molar refractivity (Wildman–Crippen MR) is 270 cm³/mol. The SMILES string of the molecule is COCCOC1[C@@H](OP(=O)(O)OC[C@H]2O[C@@H](n3cnc4c(N)ncnc43)C(OCCOC)[C@H]2OP(O)(=S)OC[C@H]2O[C@@H](n3cc(C)c(=O)[nH]c3=O)C[C@H]2OP(=O)(S)OC)[C@@H](COP(=O)(O)O)O[C@H]1n1cnc2c(N)ncnc21. The molecule has 78 heavy (non-hydrogen) atoms. The van der Waals surface area contributed by atoms with Crippen molar-refractivity contribution < 1.29 is 98.1 Å². The van der Waals surface area contributed by atoms with Crippen LogP contribution in [0, 0.1) is 6.92 Å². The lowest BCUT2D eigenvalue weighted by molar-refractivity contribution is -0.0814. The maximum Gasteiger partial charge on any atom is 0.472 e. The Kier molecular flexibility index (Phi) is 19.6. The molecule has 432 valence electrons. The monoisotopic (exact) mass is 1220 g/mol. The Hall–Kier alpha value is -3.65. The third kappa shape index (κ3) is 14.3. The Labute approximate surface area is 450 Å². The van der Waals surface area contributed by atoms with Crippen molar-refractivity contribution in [1.82, 2.24) is 48.6 Å². The molecule has 0 aromatic carbocycles. The van der Waals surface area contributed by atoms with Crippen molar-refractivity contribution in [3.05, 3.63) is 57.9 Å². The highest BCUT2D eigenvalue weighted by molar-refractivity contribution is 8.44. The standard InChI is InChI=1S/C37H54N12O23P4S2/c1-18-10-47(37(51)46-34(18)50)23-9-19(70-75(57,77)61-4)20(67-23)11-66-76(58,78)72-27-22(69-36(29(27)63-8-6-60-3)49-17-45-25-31(39)41-15-43-33(25)49)13-65-74(55,56)71-26-21(12-64-73(52,53)54)68-35(28(26)62-7-5-59-2)48-16-44-24-30(38)40-14-42-32(24)48/h10,14-17,19-23,26-29,35-36H,5-9,11-13H2,1-4H3,(H,55,56)(H,57,77)(H,58,78)(H2,38,40,42)(H2,39,41,43)(H,46,50,51)(H2,52,53,54)/t19-,20-,21-,22-,23-,26+,27+,28?,29?,35-,36-,75?,76?/m1/s1. The molecule has 0 amide bonds. The zero-order valence-corrected chi connectivity index (χ0v) is 46.6. The van der Waals surface area contributed by atoms with E-state index in [1.165, 1.54) is 49.1 Å². The van der Waals surface area contributed by atoms with E-state index in [-0.39, 0.29) is 72.4 Å². The van der Waals surface area contributed by atoms with E-state index in [4.69, 9.17) is 88.1 Å². The number of rotatable bonds is 27. The fraction of sp³-hybridized carbons (Fsp3) is 0.622. The molecule has 3 saturated heterocycles. The first-order chi connectivity index (χ1) is 36.9. The molecule has 0 bridgehead atoms. The first-order valence-electron chi connectivity index (χ1n) is 22.9. The van der Waals surface area contributed by atoms with Crippen LogP contribution in [0.3, 0.4) is 0 Å². The van der Waals surface area contributed by atoms with Crippen LogP contribution in [0.2, 0.25) is 0 Å². The van der Waals surface area contributed by atoms with Crippen molar-refractivity contribution in [1.29, 1.82) is 0 Å². The second kappa shape index (κ2) is 25.2. The number of anilines is 2. The largest absolute Gasteiger partial charge is 0.472 e. The third-order valence-electron chi connectivity index (χ3n) is 11.9. The highest BCUT2D eigenvalue weighted by Crippen LogP contribution is 2.57. The van der Waals surface area contributed by atoms with Crippen molar-refractivity contribution >= 4 is 87.2 Å². The summed E-state index contributed by atoms with van der Waals surface area (Å²) >= 11 is 9.51. The first-order valence-corrected chi connectivity index (χ1v) is 31.2. The van der Waals surface area contributed by atoms with Gasteiger partial charge in [-0.15, -0.1) is 0 Å². The van der Waals surface area contributed by atoms with Gasteiger partial charge in [0.1, 0.15) is 78.7 Å². The number of aromatic amines is 1. The quantitative estimate of drug-likeness (QED) is 0.0197. The summed E-state index contributed by atoms with van der Waals surface area (Å²) in [5.74, 6) is -0.0201. The fourth-order valence-electron chi connectivity index (χ4n) is 8.41. The maximum atomic E-state index is 14.3. The number of ether oxygens (including phenoxy) is 7. The molecule has 5 unspecified atom stereocenters. The zero-order valence-electron chi connectivity index (χ0n) is 41.3. The molecule has 3 fully saturated rings. The van der Waals surface area contributed by atoms with Gasteiger partial charge in [-0.2, -0.15) is 0 Å². The molecule has 35 nitrogen and oxygen atoms in total. The van der Waals surface area contributed by atoms with Gasteiger partial charge in [-0.05, 0) is 18.7 Å². The van der Waals surface area contributed by atoms with Crippen LogP contribution >= 0.6 is 41.4 Å². The van der Waals surface area contributed by atoms with Crippen LogP contribution in [0.5, 0.6) is 0 Å². The topological polar surface area (TPSA) is 455 Å². The summed E-state index contributed by atoms with van der Waals surface area (Å²) < 4.78 is 123. The van der Waals surface area contributed by atoms with E-state index in [2.05, 4.69) is 47.1 Å². The summed E-state index contributed by atoms with van der Waals surface area (Å²) in [5.41, 5.74) is 11.3. The molecule has 9 N–H and O–H groups in total. The number of thiol groups is 1. The molecule has 5 aromatic rings. The summed E-state index contributed by atoms with van der Waals surface area (Å²) in [5, 5.41) is 0. The van der Waals surface area contributed by atoms with Crippen molar-refractivity contribution in [3.8, 4) is 0 Å². The van der Waals surface area contributed by atoms with Crippen LogP contribution in [0.15, 0.2) is 41.1 Å². The molecule has 0 radical (unpaired) electrons. The maximum absolute atomic E-state index is 14.3. The summed E-state index contributed by atoms with van der Waals surface area (Å²) in [7, 11) is -6.81. The lowest BCUT2D eigenvalue weighted by atomic mass is 10.1. The van der Waals surface area contributed by atoms with Crippen LogP contribution in [0.1, 0.15) is 30.7 Å². The molecule has 14 atom stereocenters. The Morgan fingerprint density at radius 3 is 1.76 bits per heavy atom. The smallest absolute Gasteiger partial charge is 0.382 e. The molecular formula is C37H54N12O23P4S2. The van der Waals surface area contributed by atoms with Crippen LogP contribution in [-0.4, -0.2) is 185 Å². The number of hydrogen-bond donors (Lipinski definition) is 8. The number of nitrogens with two attached hydrogens (primary N) is 2. The molecule has 8 rings (SSSR count). The van der Waals surface area contributed by atoms with Crippen LogP contribution in [-0.2, 0) is 90.3 Å². The summed E-state index contributed by atoms with van der Waals surface area (Å²) in [6.07, 6.45) is -9.74. The molecular weight excluding hydrogens is 1170 g/mol. The molecule has 5 aromatic heterocycles. The van der Waals surface area contributed by atoms with Gasteiger partial charge in [0.15, 0.2) is 35.4 Å². The fourth-order valence-corrected chi connectivity index (χ4v) is 12.2. The number of aryl methyl sites for hydroxylation is 1. The Morgan fingerprint density at radius 1 is 0.705 bits per heavy atom. The van der Waals surface area contributed by atoms with E-state index in [1.54, 1.807) is 0 Å². The number of fused-ring (bicyclic) bond motifs is 2. The number of imidazole rings is 2. The van der Waals surface area contributed by atoms with Gasteiger partial charge in [0.05, 0.1) is 58.9 Å². The lowest BCUT2D eigenvalue weighted by Gasteiger charge is -2.29. The number of methoxy groups -OCH3 is 2. The second-order valence-corrected chi connectivity index (χ2v) is 25.5. The van der Waals surface area contributed by atoms with Gasteiger partial charge >= 0.3 is 34.9 Å². The molecule has 0 aliphatic carbocycles. The average molecular weight is 1220 g/mol. The highest BCUT2D eigenvalue weighted by Gasteiger charge is 2.54. The van der Waals surface area contributed by atoms with Crippen molar-refractivity contribution in [2.24, 2.45) is 0 Å². The number of hydrogen-bond acceptors (Lipinski definition) is 28. The Bertz CT molecular complexity index is 3230. The van der Waals surface area contributed by atoms with E-state index in [0.717, 1.165) is 24.3 Å². The lowest BCUT2D eigenvalue weighted by Crippen LogP contribution is -2.39. The van der Waals surface area contributed by atoms with Gasteiger partial charge in [-0.1, -0.05) is 12.2 Å². The molecule has 0 spiro atoms. The minimum absolute atomic E-state index is 0.00347.